The van der Waals surface area contributed by atoms with E-state index >= 15 is 0 Å². The molecular weight excluding hydrogens is 154 g/mol. The fourth-order valence-electron chi connectivity index (χ4n) is 1.63. The minimum atomic E-state index is -0.155. The van der Waals surface area contributed by atoms with Gasteiger partial charge >= 0.3 is 5.97 Å². The van der Waals surface area contributed by atoms with Crippen LogP contribution in [0.1, 0.15) is 26.7 Å². The molecule has 0 saturated carbocycles. The molecule has 1 rings (SSSR count). The highest BCUT2D eigenvalue weighted by Crippen LogP contribution is 2.12. The van der Waals surface area contributed by atoms with Crippen LogP contribution >= 0.6 is 0 Å². The Morgan fingerprint density at radius 2 is 2.42 bits per heavy atom. The summed E-state index contributed by atoms with van der Waals surface area (Å²) in [4.78, 5) is 13.0. The van der Waals surface area contributed by atoms with Crippen LogP contribution in [0.15, 0.2) is 0 Å². The number of piperidine rings is 1. The van der Waals surface area contributed by atoms with Crippen LogP contribution in [0.4, 0.5) is 0 Å². The normalized spacial score (nSPS) is 25.3. The molecule has 0 N–H and O–H groups in total. The maximum atomic E-state index is 10.7. The molecule has 1 heterocycles. The third kappa shape index (κ3) is 2.81. The number of esters is 1. The fourth-order valence-corrected chi connectivity index (χ4v) is 1.63. The van der Waals surface area contributed by atoms with Gasteiger partial charge < -0.3 is 4.74 Å². The van der Waals surface area contributed by atoms with E-state index < -0.39 is 0 Å². The molecular formula is C9H17NO2. The number of likely N-dealkylation sites (N-methyl/N-ethyl adjacent to an activating group) is 1. The molecule has 0 radical (unpaired) electrons. The van der Waals surface area contributed by atoms with Gasteiger partial charge in [0.2, 0.25) is 0 Å². The predicted octanol–water partition coefficient (Wildman–Crippen LogP) is 1.03. The molecule has 1 aliphatic rings. The molecule has 0 aromatic carbocycles. The van der Waals surface area contributed by atoms with Gasteiger partial charge in [-0.3, -0.25) is 9.69 Å². The molecule has 3 heteroatoms. The van der Waals surface area contributed by atoms with E-state index in [2.05, 4.69) is 11.8 Å². The predicted molar refractivity (Wildman–Crippen MR) is 46.9 cm³/mol. The minimum Gasteiger partial charge on any atom is -0.461 e. The lowest BCUT2D eigenvalue weighted by molar-refractivity contribution is -0.148. The van der Waals surface area contributed by atoms with E-state index in [9.17, 15) is 4.79 Å². The van der Waals surface area contributed by atoms with Gasteiger partial charge in [0, 0.05) is 13.5 Å². The van der Waals surface area contributed by atoms with E-state index in [1.54, 1.807) is 0 Å². The Balaban J connectivity index is 2.30. The van der Waals surface area contributed by atoms with Crippen molar-refractivity contribution < 1.29 is 9.53 Å². The average molecular weight is 171 g/mol. The molecule has 0 spiro atoms. The number of likely N-dealkylation sites (tertiary alicyclic amines) is 1. The lowest BCUT2D eigenvalue weighted by Crippen LogP contribution is -2.40. The molecule has 0 aromatic rings. The first-order chi connectivity index (χ1) is 5.72. The standard InChI is InChI=1S/C9H17NO2/c1-3-10-6-4-5-9(7-10)12-8(2)11/h9H,3-7H2,1-2H3. The number of hydrogen-bond donors (Lipinski definition) is 0. The number of nitrogens with zero attached hydrogens (tertiary/aromatic N) is 1. The van der Waals surface area contributed by atoms with Gasteiger partial charge in [0.1, 0.15) is 6.10 Å². The molecule has 1 atom stereocenters. The summed E-state index contributed by atoms with van der Waals surface area (Å²) < 4.78 is 5.14. The van der Waals surface area contributed by atoms with Crippen LogP contribution in [0.3, 0.4) is 0 Å². The average Bonchev–Trinajstić information content (AvgIpc) is 2.03. The summed E-state index contributed by atoms with van der Waals surface area (Å²) in [5.41, 5.74) is 0. The first-order valence-corrected chi connectivity index (χ1v) is 4.62. The number of rotatable bonds is 2. The van der Waals surface area contributed by atoms with E-state index in [1.165, 1.54) is 6.92 Å². The van der Waals surface area contributed by atoms with Crippen LogP contribution in [-0.4, -0.2) is 36.6 Å². The fraction of sp³-hybridized carbons (Fsp3) is 0.889. The molecule has 1 fully saturated rings. The second kappa shape index (κ2) is 4.45. The Morgan fingerprint density at radius 3 is 3.00 bits per heavy atom. The van der Waals surface area contributed by atoms with Crippen molar-refractivity contribution >= 4 is 5.97 Å². The van der Waals surface area contributed by atoms with Gasteiger partial charge in [-0.15, -0.1) is 0 Å². The van der Waals surface area contributed by atoms with Crippen molar-refractivity contribution in [2.24, 2.45) is 0 Å². The van der Waals surface area contributed by atoms with E-state index in [4.69, 9.17) is 4.74 Å². The van der Waals surface area contributed by atoms with Crippen LogP contribution in [0.2, 0.25) is 0 Å². The summed E-state index contributed by atoms with van der Waals surface area (Å²) >= 11 is 0. The highest BCUT2D eigenvalue weighted by Gasteiger charge is 2.20. The van der Waals surface area contributed by atoms with Crippen molar-refractivity contribution in [1.82, 2.24) is 4.90 Å². The molecule has 70 valence electrons. The van der Waals surface area contributed by atoms with Gasteiger partial charge in [-0.2, -0.15) is 0 Å². The zero-order chi connectivity index (χ0) is 8.97. The zero-order valence-corrected chi connectivity index (χ0v) is 7.88. The molecule has 0 bridgehead atoms. The molecule has 1 saturated heterocycles. The van der Waals surface area contributed by atoms with E-state index in [0.717, 1.165) is 32.5 Å². The number of ether oxygens (including phenoxy) is 1. The monoisotopic (exact) mass is 171 g/mol. The summed E-state index contributed by atoms with van der Waals surface area (Å²) in [6, 6.07) is 0. The maximum Gasteiger partial charge on any atom is 0.302 e. The Kier molecular flexibility index (Phi) is 3.53. The van der Waals surface area contributed by atoms with Crippen molar-refractivity contribution in [2.45, 2.75) is 32.8 Å². The maximum absolute atomic E-state index is 10.7. The van der Waals surface area contributed by atoms with Gasteiger partial charge in [-0.25, -0.2) is 0 Å². The first kappa shape index (κ1) is 9.52. The third-order valence-electron chi connectivity index (χ3n) is 2.24. The lowest BCUT2D eigenvalue weighted by atomic mass is 10.1. The van der Waals surface area contributed by atoms with Crippen LogP contribution in [0.5, 0.6) is 0 Å². The van der Waals surface area contributed by atoms with Gasteiger partial charge in [-0.05, 0) is 25.9 Å². The molecule has 0 aromatic heterocycles. The second-order valence-corrected chi connectivity index (χ2v) is 3.27. The Labute approximate surface area is 73.7 Å². The first-order valence-electron chi connectivity index (χ1n) is 4.62. The largest absolute Gasteiger partial charge is 0.461 e. The summed E-state index contributed by atoms with van der Waals surface area (Å²) in [5, 5.41) is 0. The molecule has 1 aliphatic heterocycles. The molecule has 0 aliphatic carbocycles. The van der Waals surface area contributed by atoms with Crippen LogP contribution in [0.25, 0.3) is 0 Å². The summed E-state index contributed by atoms with van der Waals surface area (Å²) in [6.07, 6.45) is 2.30. The zero-order valence-electron chi connectivity index (χ0n) is 7.88. The van der Waals surface area contributed by atoms with E-state index in [1.807, 2.05) is 0 Å². The van der Waals surface area contributed by atoms with Gasteiger partial charge in [0.15, 0.2) is 0 Å². The Bertz CT molecular complexity index is 159. The Morgan fingerprint density at radius 1 is 1.67 bits per heavy atom. The highest BCUT2D eigenvalue weighted by atomic mass is 16.5. The second-order valence-electron chi connectivity index (χ2n) is 3.27. The van der Waals surface area contributed by atoms with Crippen LogP contribution in [-0.2, 0) is 9.53 Å². The van der Waals surface area contributed by atoms with Gasteiger partial charge in [-0.1, -0.05) is 6.92 Å². The van der Waals surface area contributed by atoms with Crippen molar-refractivity contribution in [3.05, 3.63) is 0 Å². The number of hydrogen-bond acceptors (Lipinski definition) is 3. The smallest absolute Gasteiger partial charge is 0.302 e. The molecule has 12 heavy (non-hydrogen) atoms. The highest BCUT2D eigenvalue weighted by molar-refractivity contribution is 5.66. The van der Waals surface area contributed by atoms with Crippen LogP contribution < -0.4 is 0 Å². The number of carbonyl (C=O) groups excluding carboxylic acids is 1. The quantitative estimate of drug-likeness (QED) is 0.581. The molecule has 0 amide bonds. The van der Waals surface area contributed by atoms with Crippen molar-refractivity contribution in [2.75, 3.05) is 19.6 Å². The van der Waals surface area contributed by atoms with E-state index in [0.29, 0.717) is 0 Å². The summed E-state index contributed by atoms with van der Waals surface area (Å²) in [7, 11) is 0. The molecule has 1 unspecified atom stereocenters. The molecule has 3 nitrogen and oxygen atoms in total. The third-order valence-corrected chi connectivity index (χ3v) is 2.24. The number of carbonyl (C=O) groups is 1. The lowest BCUT2D eigenvalue weighted by Gasteiger charge is -2.30. The van der Waals surface area contributed by atoms with Crippen molar-refractivity contribution in [1.29, 1.82) is 0 Å². The van der Waals surface area contributed by atoms with Crippen molar-refractivity contribution in [3.8, 4) is 0 Å². The summed E-state index contributed by atoms with van der Waals surface area (Å²) in [5.74, 6) is -0.155. The van der Waals surface area contributed by atoms with Gasteiger partial charge in [0.05, 0.1) is 0 Å². The van der Waals surface area contributed by atoms with Gasteiger partial charge in [0.25, 0.3) is 0 Å². The van der Waals surface area contributed by atoms with Crippen molar-refractivity contribution in [3.63, 3.8) is 0 Å². The van der Waals surface area contributed by atoms with Crippen LogP contribution in [0, 0.1) is 0 Å². The van der Waals surface area contributed by atoms with E-state index in [-0.39, 0.29) is 12.1 Å². The SMILES string of the molecule is CCN1CCCC(OC(C)=O)C1. The summed E-state index contributed by atoms with van der Waals surface area (Å²) in [6.45, 7) is 6.73. The Hall–Kier alpha value is -0.570. The topological polar surface area (TPSA) is 29.5 Å². The minimum absolute atomic E-state index is 0.135.